The van der Waals surface area contributed by atoms with E-state index in [1.807, 2.05) is 74.5 Å². The first-order valence-corrected chi connectivity index (χ1v) is 21.1. The Morgan fingerprint density at radius 2 is 1.67 bits per heavy atom. The Bertz CT molecular complexity index is 1410. The lowest BCUT2D eigenvalue weighted by atomic mass is 9.77. The van der Waals surface area contributed by atoms with Gasteiger partial charge in [-0.25, -0.2) is 4.79 Å². The third-order valence-corrected chi connectivity index (χ3v) is 13.1. The van der Waals surface area contributed by atoms with E-state index in [4.69, 9.17) is 47.9 Å². The number of carbonyl (C=O) groups is 2. The molecule has 4 heterocycles. The van der Waals surface area contributed by atoms with E-state index in [0.29, 0.717) is 19.4 Å². The highest BCUT2D eigenvalue weighted by atomic mass is 16.8. The SMILES string of the molecule is CC[C@H]1OC(=O)[C@H](C)[C@@H](O[C@H]2C[C@@](C)(OC)[C@@H](OCCC#N)[C@H](C)O2)[C@H](C)[C@@H](O[C@@H]2O[C@H](C)C[C@H](N(C)C)[C@H]2O)[C@](C)(O)C[C@@H](C)CN(C)[C@H](C)[C@H]2OC(=O)O[C@@]21C. The van der Waals surface area contributed by atoms with Crippen molar-refractivity contribution < 1.29 is 62.4 Å². The number of cyclic esters (lactones) is 1. The molecule has 2 N–H and O–H groups in total. The van der Waals surface area contributed by atoms with Gasteiger partial charge in [0.05, 0.1) is 60.6 Å². The zero-order valence-electron chi connectivity index (χ0n) is 37.3. The van der Waals surface area contributed by atoms with Crippen molar-refractivity contribution in [2.45, 2.75) is 192 Å². The number of fused-ring (bicyclic) bond motifs is 1. The molecule has 0 bridgehead atoms. The number of rotatable bonds is 10. The van der Waals surface area contributed by atoms with Crippen molar-refractivity contribution in [1.82, 2.24) is 9.80 Å². The van der Waals surface area contributed by atoms with E-state index in [1.54, 1.807) is 27.9 Å². The maximum absolute atomic E-state index is 14.6. The summed E-state index contributed by atoms with van der Waals surface area (Å²) in [6.07, 6.45) is -7.38. The topological polar surface area (TPSA) is 188 Å². The van der Waals surface area contributed by atoms with Crippen molar-refractivity contribution in [3.05, 3.63) is 0 Å². The summed E-state index contributed by atoms with van der Waals surface area (Å²) in [4.78, 5) is 31.3. The van der Waals surface area contributed by atoms with Crippen molar-refractivity contribution in [2.24, 2.45) is 17.8 Å². The summed E-state index contributed by atoms with van der Waals surface area (Å²) in [6.45, 7) is 19.2. The lowest BCUT2D eigenvalue weighted by Crippen LogP contribution is -2.61. The molecule has 334 valence electrons. The fourth-order valence-electron chi connectivity index (χ4n) is 9.88. The van der Waals surface area contributed by atoms with Crippen LogP contribution >= 0.6 is 0 Å². The lowest BCUT2D eigenvalue weighted by molar-refractivity contribution is -0.320. The van der Waals surface area contributed by atoms with E-state index in [0.717, 1.165) is 0 Å². The van der Waals surface area contributed by atoms with Crippen LogP contribution in [0, 0.1) is 29.1 Å². The van der Waals surface area contributed by atoms with E-state index >= 15 is 0 Å². The molecular weight excluding hydrogens is 754 g/mol. The zero-order valence-corrected chi connectivity index (χ0v) is 37.3. The van der Waals surface area contributed by atoms with Gasteiger partial charge in [-0.15, -0.1) is 0 Å². The first-order valence-electron chi connectivity index (χ1n) is 21.1. The molecule has 16 heteroatoms. The second-order valence-electron chi connectivity index (χ2n) is 18.3. The third-order valence-electron chi connectivity index (χ3n) is 13.1. The molecule has 58 heavy (non-hydrogen) atoms. The monoisotopic (exact) mass is 828 g/mol. The van der Waals surface area contributed by atoms with Crippen LogP contribution in [0.4, 0.5) is 4.79 Å². The minimum atomic E-state index is -1.56. The maximum atomic E-state index is 14.6. The molecule has 0 radical (unpaired) electrons. The van der Waals surface area contributed by atoms with Gasteiger partial charge in [0.25, 0.3) is 0 Å². The van der Waals surface area contributed by atoms with E-state index in [2.05, 4.69) is 11.0 Å². The molecule has 4 aliphatic rings. The van der Waals surface area contributed by atoms with Gasteiger partial charge in [0, 0.05) is 38.1 Å². The second kappa shape index (κ2) is 19.7. The lowest BCUT2D eigenvalue weighted by Gasteiger charge is -2.49. The minimum absolute atomic E-state index is 0.125. The number of nitriles is 1. The molecular formula is C42H73N3O13. The number of hydrogen-bond acceptors (Lipinski definition) is 16. The number of esters is 1. The van der Waals surface area contributed by atoms with Crippen molar-refractivity contribution in [1.29, 1.82) is 5.26 Å². The van der Waals surface area contributed by atoms with E-state index in [1.165, 1.54) is 0 Å². The van der Waals surface area contributed by atoms with Crippen LogP contribution < -0.4 is 0 Å². The number of methoxy groups -OCH3 is 1. The number of aliphatic hydroxyl groups is 2. The average molecular weight is 828 g/mol. The van der Waals surface area contributed by atoms with Gasteiger partial charge in [0.1, 0.15) is 18.3 Å². The Kier molecular flexibility index (Phi) is 16.5. The first-order chi connectivity index (χ1) is 27.0. The van der Waals surface area contributed by atoms with Crippen LogP contribution in [0.25, 0.3) is 0 Å². The maximum Gasteiger partial charge on any atom is 0.509 e. The van der Waals surface area contributed by atoms with E-state index in [9.17, 15) is 19.8 Å². The standard InChI is InChI=1S/C42H73N3O13/c1-15-30-42(10)35(57-39(48)58-42)27(6)45(13)22-23(2)20-40(8,49)34(56-38-32(46)29(44(11)12)19-24(3)52-38)25(4)33(26(5)37(47)54-30)55-31-21-41(9,50-14)36(28(7)53-31)51-18-16-17-43/h23-36,38,46,49H,15-16,18-22H2,1-14H3/t23-,24-,25+,26-,27-,28+,29+,30-,31+,32-,33+,34-,35-,36+,38+,40-,41-,42-/m1/s1. The van der Waals surface area contributed by atoms with Crippen molar-refractivity contribution in [2.75, 3.05) is 41.4 Å². The van der Waals surface area contributed by atoms with E-state index < -0.39 is 96.1 Å². The Balaban J connectivity index is 1.82. The number of aliphatic hydroxyl groups excluding tert-OH is 1. The Hall–Kier alpha value is -2.17. The highest BCUT2D eigenvalue weighted by molar-refractivity contribution is 5.73. The van der Waals surface area contributed by atoms with Gasteiger partial charge in [0.2, 0.25) is 0 Å². The molecule has 0 aromatic heterocycles. The van der Waals surface area contributed by atoms with Crippen LogP contribution in [0.3, 0.4) is 0 Å². The highest BCUT2D eigenvalue weighted by Gasteiger charge is 2.58. The molecule has 0 unspecified atom stereocenters. The quantitative estimate of drug-likeness (QED) is 0.237. The van der Waals surface area contributed by atoms with Crippen LogP contribution in [0.2, 0.25) is 0 Å². The summed E-state index contributed by atoms with van der Waals surface area (Å²) >= 11 is 0. The molecule has 0 spiro atoms. The molecule has 0 aromatic carbocycles. The van der Waals surface area contributed by atoms with Gasteiger partial charge in [-0.2, -0.15) is 5.26 Å². The molecule has 4 rings (SSSR count). The molecule has 0 amide bonds. The summed E-state index contributed by atoms with van der Waals surface area (Å²) in [5.41, 5.74) is -3.77. The van der Waals surface area contributed by atoms with Crippen LogP contribution in [0.15, 0.2) is 0 Å². The zero-order chi connectivity index (χ0) is 43.5. The van der Waals surface area contributed by atoms with Crippen LogP contribution in [-0.2, 0) is 47.4 Å². The molecule has 18 atom stereocenters. The first kappa shape index (κ1) is 48.5. The van der Waals surface area contributed by atoms with Crippen molar-refractivity contribution in [3.63, 3.8) is 0 Å². The largest absolute Gasteiger partial charge is 0.509 e. The Morgan fingerprint density at radius 1 is 1.00 bits per heavy atom. The molecule has 4 saturated heterocycles. The Labute approximate surface area is 346 Å². The second-order valence-corrected chi connectivity index (χ2v) is 18.3. The number of ether oxygens (including phenoxy) is 9. The van der Waals surface area contributed by atoms with Gasteiger partial charge < -0.3 is 57.7 Å². The van der Waals surface area contributed by atoms with Crippen molar-refractivity contribution in [3.8, 4) is 6.07 Å². The normalized spacial score (nSPS) is 46.2. The van der Waals surface area contributed by atoms with Gasteiger partial charge in [-0.3, -0.25) is 9.69 Å². The molecule has 4 fully saturated rings. The predicted octanol–water partition coefficient (Wildman–Crippen LogP) is 4.02. The third kappa shape index (κ3) is 10.6. The van der Waals surface area contributed by atoms with Gasteiger partial charge >= 0.3 is 12.1 Å². The fourth-order valence-corrected chi connectivity index (χ4v) is 9.88. The fraction of sp³-hybridized carbons (Fsp3) is 0.929. The number of likely N-dealkylation sites (N-methyl/N-ethyl adjacent to an activating group) is 2. The van der Waals surface area contributed by atoms with Gasteiger partial charge in [-0.05, 0) is 94.8 Å². The van der Waals surface area contributed by atoms with Gasteiger partial charge in [-0.1, -0.05) is 20.8 Å². The number of hydrogen-bond donors (Lipinski definition) is 2. The molecule has 16 nitrogen and oxygen atoms in total. The Morgan fingerprint density at radius 3 is 2.28 bits per heavy atom. The van der Waals surface area contributed by atoms with Crippen LogP contribution in [0.1, 0.15) is 101 Å². The van der Waals surface area contributed by atoms with Crippen LogP contribution in [-0.4, -0.2) is 164 Å². The molecule has 4 aliphatic heterocycles. The average Bonchev–Trinajstić information content (AvgIpc) is 3.46. The minimum Gasteiger partial charge on any atom is -0.458 e. The summed E-state index contributed by atoms with van der Waals surface area (Å²) in [5.74, 6) is -2.48. The van der Waals surface area contributed by atoms with Crippen LogP contribution in [0.5, 0.6) is 0 Å². The molecule has 0 saturated carbocycles. The summed E-state index contributed by atoms with van der Waals surface area (Å²) in [6, 6.07) is 1.47. The number of carbonyl (C=O) groups excluding carboxylic acids is 2. The molecule has 0 aliphatic carbocycles. The number of nitrogens with zero attached hydrogens (tertiary/aromatic N) is 3. The smallest absolute Gasteiger partial charge is 0.458 e. The predicted molar refractivity (Wildman–Crippen MR) is 211 cm³/mol. The van der Waals surface area contributed by atoms with Crippen molar-refractivity contribution >= 4 is 12.1 Å². The summed E-state index contributed by atoms with van der Waals surface area (Å²) < 4.78 is 56.5. The summed E-state index contributed by atoms with van der Waals surface area (Å²) in [5, 5.41) is 33.5. The summed E-state index contributed by atoms with van der Waals surface area (Å²) in [7, 11) is 7.29. The van der Waals surface area contributed by atoms with Gasteiger partial charge in [0.15, 0.2) is 24.3 Å². The van der Waals surface area contributed by atoms with E-state index in [-0.39, 0.29) is 50.0 Å². The highest BCUT2D eigenvalue weighted by Crippen LogP contribution is 2.42. The molecule has 0 aromatic rings.